The molecule has 1 aromatic carbocycles. The van der Waals surface area contributed by atoms with E-state index >= 15 is 0 Å². The number of nitrogens with two attached hydrogens (primary N) is 1. The Hall–Kier alpha value is -2.64. The van der Waals surface area contributed by atoms with E-state index in [1.807, 2.05) is 0 Å². The molecule has 0 spiro atoms. The molecule has 0 saturated heterocycles. The van der Waals surface area contributed by atoms with E-state index in [0.29, 0.717) is 5.69 Å². The van der Waals surface area contributed by atoms with Crippen LogP contribution in [0.3, 0.4) is 0 Å². The molecule has 0 radical (unpaired) electrons. The first kappa shape index (κ1) is 16.4. The number of carbonyl (C=O) groups is 2. The van der Waals surface area contributed by atoms with Gasteiger partial charge in [0.1, 0.15) is 5.69 Å². The number of nitrogens with zero attached hydrogens (tertiary/aromatic N) is 2. The zero-order chi connectivity index (χ0) is 16.0. The fraction of sp³-hybridized carbons (Fsp3) is 0.385. The number of primary amides is 1. The van der Waals surface area contributed by atoms with Crippen molar-refractivity contribution in [1.29, 1.82) is 0 Å². The van der Waals surface area contributed by atoms with Crippen molar-refractivity contribution in [2.45, 2.75) is 13.3 Å². The highest BCUT2D eigenvalue weighted by Crippen LogP contribution is 2.28. The van der Waals surface area contributed by atoms with Gasteiger partial charge in [0.05, 0.1) is 18.0 Å². The van der Waals surface area contributed by atoms with Gasteiger partial charge in [0.15, 0.2) is 0 Å². The van der Waals surface area contributed by atoms with Crippen LogP contribution in [0.15, 0.2) is 18.2 Å². The summed E-state index contributed by atoms with van der Waals surface area (Å²) in [5.41, 5.74) is 5.23. The van der Waals surface area contributed by atoms with E-state index in [0.717, 1.165) is 6.07 Å². The summed E-state index contributed by atoms with van der Waals surface area (Å²) >= 11 is 0. The zero-order valence-electron chi connectivity index (χ0n) is 11.9. The van der Waals surface area contributed by atoms with Crippen molar-refractivity contribution >= 4 is 23.3 Å². The largest absolute Gasteiger partial charge is 0.466 e. The fourth-order valence-electron chi connectivity index (χ4n) is 1.76. The average molecular weight is 295 g/mol. The van der Waals surface area contributed by atoms with Gasteiger partial charge in [-0.15, -0.1) is 0 Å². The molecule has 114 valence electrons. The molecule has 1 amide bonds. The first-order valence-corrected chi connectivity index (χ1v) is 6.31. The second-order valence-corrected chi connectivity index (χ2v) is 4.30. The van der Waals surface area contributed by atoms with Gasteiger partial charge < -0.3 is 15.4 Å². The van der Waals surface area contributed by atoms with Crippen molar-refractivity contribution in [2.75, 3.05) is 25.1 Å². The molecule has 0 fully saturated rings. The molecule has 1 rings (SSSR count). The summed E-state index contributed by atoms with van der Waals surface area (Å²) < 4.78 is 4.80. The second kappa shape index (κ2) is 7.22. The second-order valence-electron chi connectivity index (χ2n) is 4.30. The maximum atomic E-state index is 11.3. The molecule has 2 N–H and O–H groups in total. The minimum Gasteiger partial charge on any atom is -0.466 e. The Balaban J connectivity index is 2.93. The number of ether oxygens (including phenoxy) is 1. The highest BCUT2D eigenvalue weighted by atomic mass is 16.6. The van der Waals surface area contributed by atoms with Crippen LogP contribution in [0.5, 0.6) is 0 Å². The summed E-state index contributed by atoms with van der Waals surface area (Å²) in [5.74, 6) is -1.11. The summed E-state index contributed by atoms with van der Waals surface area (Å²) in [5, 5.41) is 11.1. The molecule has 0 unspecified atom stereocenters. The third-order valence-corrected chi connectivity index (χ3v) is 2.82. The minimum atomic E-state index is -0.737. The lowest BCUT2D eigenvalue weighted by Crippen LogP contribution is -2.23. The van der Waals surface area contributed by atoms with Crippen molar-refractivity contribution < 1.29 is 19.2 Å². The van der Waals surface area contributed by atoms with E-state index in [1.54, 1.807) is 18.9 Å². The van der Waals surface area contributed by atoms with Crippen LogP contribution in [0.1, 0.15) is 23.7 Å². The summed E-state index contributed by atoms with van der Waals surface area (Å²) in [6.07, 6.45) is 0.110. The van der Waals surface area contributed by atoms with Gasteiger partial charge in [-0.2, -0.15) is 0 Å². The molecule has 0 atom stereocenters. The van der Waals surface area contributed by atoms with Gasteiger partial charge in [0, 0.05) is 25.2 Å². The summed E-state index contributed by atoms with van der Waals surface area (Å²) in [6.45, 7) is 2.25. The monoisotopic (exact) mass is 295 g/mol. The van der Waals surface area contributed by atoms with Gasteiger partial charge in [-0.25, -0.2) is 0 Å². The van der Waals surface area contributed by atoms with E-state index < -0.39 is 10.8 Å². The van der Waals surface area contributed by atoms with E-state index in [2.05, 4.69) is 0 Å². The Labute approximate surface area is 121 Å². The number of carbonyl (C=O) groups excluding carboxylic acids is 2. The van der Waals surface area contributed by atoms with Crippen LogP contribution in [0.2, 0.25) is 0 Å². The summed E-state index contributed by atoms with van der Waals surface area (Å²) in [4.78, 5) is 34.4. The predicted octanol–water partition coefficient (Wildman–Crippen LogP) is 1.08. The first-order chi connectivity index (χ1) is 9.86. The lowest BCUT2D eigenvalue weighted by atomic mass is 10.1. The number of benzene rings is 1. The van der Waals surface area contributed by atoms with E-state index in [1.165, 1.54) is 12.1 Å². The van der Waals surface area contributed by atoms with Crippen LogP contribution in [-0.4, -0.2) is 37.0 Å². The number of hydrogen-bond acceptors (Lipinski definition) is 6. The number of anilines is 1. The number of rotatable bonds is 7. The van der Waals surface area contributed by atoms with Gasteiger partial charge >= 0.3 is 5.97 Å². The Bertz CT molecular complexity index is 559. The molecular formula is C13H17N3O5. The van der Waals surface area contributed by atoms with Crippen molar-refractivity contribution in [1.82, 2.24) is 0 Å². The maximum Gasteiger partial charge on any atom is 0.307 e. The summed E-state index contributed by atoms with van der Waals surface area (Å²) in [7, 11) is 1.62. The highest BCUT2D eigenvalue weighted by molar-refractivity contribution is 5.94. The normalized spacial score (nSPS) is 10.0. The van der Waals surface area contributed by atoms with E-state index in [4.69, 9.17) is 10.5 Å². The van der Waals surface area contributed by atoms with Crippen LogP contribution < -0.4 is 10.6 Å². The zero-order valence-corrected chi connectivity index (χ0v) is 11.9. The molecule has 0 aliphatic rings. The fourth-order valence-corrected chi connectivity index (χ4v) is 1.76. The van der Waals surface area contributed by atoms with Crippen molar-refractivity contribution in [2.24, 2.45) is 5.73 Å². The molecule has 0 saturated carbocycles. The van der Waals surface area contributed by atoms with Gasteiger partial charge in [-0.3, -0.25) is 19.7 Å². The molecule has 0 heterocycles. The van der Waals surface area contributed by atoms with Crippen LogP contribution in [-0.2, 0) is 9.53 Å². The Morgan fingerprint density at radius 3 is 2.62 bits per heavy atom. The number of nitro groups is 1. The molecule has 0 aliphatic heterocycles. The summed E-state index contributed by atoms with van der Waals surface area (Å²) in [6, 6.07) is 3.97. The molecule has 8 heteroatoms. The third kappa shape index (κ3) is 4.44. The number of amides is 1. The Kier molecular flexibility index (Phi) is 5.65. The van der Waals surface area contributed by atoms with Gasteiger partial charge in [0.2, 0.25) is 5.91 Å². The molecule has 0 aliphatic carbocycles. The van der Waals surface area contributed by atoms with Gasteiger partial charge in [-0.1, -0.05) is 0 Å². The lowest BCUT2D eigenvalue weighted by Gasteiger charge is -2.18. The predicted molar refractivity (Wildman–Crippen MR) is 76.1 cm³/mol. The highest BCUT2D eigenvalue weighted by Gasteiger charge is 2.19. The SMILES string of the molecule is CCOC(=O)CCN(C)c1ccc(C(N)=O)cc1[N+](=O)[O-]. The van der Waals surface area contributed by atoms with E-state index in [9.17, 15) is 19.7 Å². The number of esters is 1. The van der Waals surface area contributed by atoms with Crippen molar-refractivity contribution in [3.63, 3.8) is 0 Å². The third-order valence-electron chi connectivity index (χ3n) is 2.82. The van der Waals surface area contributed by atoms with Crippen molar-refractivity contribution in [3.8, 4) is 0 Å². The maximum absolute atomic E-state index is 11.3. The quantitative estimate of drug-likeness (QED) is 0.457. The lowest BCUT2D eigenvalue weighted by molar-refractivity contribution is -0.384. The molecule has 8 nitrogen and oxygen atoms in total. The molecular weight excluding hydrogens is 278 g/mol. The Morgan fingerprint density at radius 2 is 2.10 bits per heavy atom. The van der Waals surface area contributed by atoms with Crippen LogP contribution in [0.4, 0.5) is 11.4 Å². The first-order valence-electron chi connectivity index (χ1n) is 6.31. The molecule has 0 aromatic heterocycles. The standard InChI is InChI=1S/C13H17N3O5/c1-3-21-12(17)6-7-15(2)10-5-4-9(13(14)18)8-11(10)16(19)20/h4-5,8H,3,6-7H2,1-2H3,(H2,14,18). The topological polar surface area (TPSA) is 116 Å². The van der Waals surface area contributed by atoms with Crippen LogP contribution >= 0.6 is 0 Å². The van der Waals surface area contributed by atoms with Crippen LogP contribution in [0, 0.1) is 10.1 Å². The number of hydrogen-bond donors (Lipinski definition) is 1. The Morgan fingerprint density at radius 1 is 1.43 bits per heavy atom. The molecule has 0 bridgehead atoms. The minimum absolute atomic E-state index is 0.0595. The van der Waals surface area contributed by atoms with Gasteiger partial charge in [-0.05, 0) is 19.1 Å². The molecule has 21 heavy (non-hydrogen) atoms. The average Bonchev–Trinajstić information content (AvgIpc) is 2.44. The van der Waals surface area contributed by atoms with Gasteiger partial charge in [0.25, 0.3) is 5.69 Å². The van der Waals surface area contributed by atoms with E-state index in [-0.39, 0.29) is 36.8 Å². The smallest absolute Gasteiger partial charge is 0.307 e. The van der Waals surface area contributed by atoms with Crippen LogP contribution in [0.25, 0.3) is 0 Å². The molecule has 1 aromatic rings. The van der Waals surface area contributed by atoms with Crippen molar-refractivity contribution in [3.05, 3.63) is 33.9 Å². The number of nitro benzene ring substituents is 1.